The van der Waals surface area contributed by atoms with Crippen molar-refractivity contribution in [2.75, 3.05) is 27.3 Å². The fraction of sp³-hybridized carbons (Fsp3) is 0.404. The van der Waals surface area contributed by atoms with E-state index in [0.717, 1.165) is 58.4 Å². The standard InChI is InChI=1S/C47H54N6O7.3H2S/c1-27(2)42(50-46(57)59-5)44(55)52-21-7-9-39(52)37-24-34(26-48-37)32-17-13-30(14-18-32)29-11-15-31(16-12-29)33-19-20-35-36(23-33)49-38(25-41(35)54)40-10-8-22-53(40)45(56)43(28(3)4)51-47(58)60-6;;;/h11-20,23,25-28,39-40,42-43H,7-10,21-22,24H2,1-6H3,(H,49,54)(H,50,57)(H,51,58);3*1H2/t39-,40?,42-,43-;;;/m0.../s1. The van der Waals surface area contributed by atoms with Gasteiger partial charge in [0.05, 0.1) is 31.8 Å². The number of benzene rings is 3. The predicted octanol–water partition coefficient (Wildman–Crippen LogP) is 7.80. The van der Waals surface area contributed by atoms with Crippen LogP contribution in [-0.4, -0.2) is 89.9 Å². The Morgan fingerprint density at radius 2 is 1.13 bits per heavy atom. The highest BCUT2D eigenvalue weighted by atomic mass is 32.1. The van der Waals surface area contributed by atoms with Gasteiger partial charge in [-0.2, -0.15) is 40.5 Å². The molecule has 3 aliphatic heterocycles. The second kappa shape index (κ2) is 21.9. The molecule has 3 aromatic carbocycles. The number of alkyl carbamates (subject to hydrolysis) is 2. The molecule has 1 unspecified atom stereocenters. The molecule has 338 valence electrons. The van der Waals surface area contributed by atoms with E-state index in [1.54, 1.807) is 11.0 Å². The summed E-state index contributed by atoms with van der Waals surface area (Å²) in [6, 6.07) is 22.3. The number of carbonyl (C=O) groups is 4. The molecule has 7 rings (SSSR count). The highest BCUT2D eigenvalue weighted by Crippen LogP contribution is 2.35. The summed E-state index contributed by atoms with van der Waals surface area (Å²) < 4.78 is 9.54. The second-order valence-corrected chi connectivity index (χ2v) is 16.6. The van der Waals surface area contributed by atoms with Gasteiger partial charge in [-0.25, -0.2) is 9.59 Å². The number of ether oxygens (including phenoxy) is 2. The van der Waals surface area contributed by atoms with Crippen LogP contribution in [0.5, 0.6) is 0 Å². The SMILES string of the molecule is COC(=O)N[C@H](C(=O)N1CCCC1c1cc(=O)c2ccc(-c3ccc(-c4ccc(C5=CN=C([C@@H]6CCCN6C(=O)[C@@H](NC(=O)OC)C(C)C)C5)cc4)cc3)cc2[nH]1)C(C)C.S.S.S. The summed E-state index contributed by atoms with van der Waals surface area (Å²) in [6.45, 7) is 8.73. The topological polar surface area (TPSA) is 162 Å². The Hall–Kier alpha value is -5.19. The molecule has 0 spiro atoms. The molecule has 1 aromatic heterocycles. The monoisotopic (exact) mass is 916 g/mol. The molecule has 2 fully saturated rings. The number of H-pyrrole nitrogens is 1. The van der Waals surface area contributed by atoms with Crippen LogP contribution in [0.4, 0.5) is 9.59 Å². The first-order valence-electron chi connectivity index (χ1n) is 20.8. The van der Waals surface area contributed by atoms with Crippen molar-refractivity contribution in [3.05, 3.63) is 100 Å². The minimum atomic E-state index is -0.748. The van der Waals surface area contributed by atoms with E-state index in [1.807, 2.05) is 57.0 Å². The Labute approximate surface area is 389 Å². The minimum Gasteiger partial charge on any atom is -0.453 e. The summed E-state index contributed by atoms with van der Waals surface area (Å²) in [6.07, 6.45) is 4.48. The zero-order chi connectivity index (χ0) is 42.7. The number of aromatic nitrogens is 1. The zero-order valence-corrected chi connectivity index (χ0v) is 39.6. The molecule has 4 heterocycles. The van der Waals surface area contributed by atoms with Crippen molar-refractivity contribution in [2.24, 2.45) is 16.8 Å². The lowest BCUT2D eigenvalue weighted by Gasteiger charge is -2.31. The van der Waals surface area contributed by atoms with E-state index < -0.39 is 24.3 Å². The van der Waals surface area contributed by atoms with Gasteiger partial charge in [0.1, 0.15) is 12.1 Å². The molecule has 16 heteroatoms. The first-order chi connectivity index (χ1) is 28.9. The number of nitrogens with zero attached hydrogens (tertiary/aromatic N) is 3. The molecule has 63 heavy (non-hydrogen) atoms. The van der Waals surface area contributed by atoms with Crippen molar-refractivity contribution >= 4 is 86.7 Å². The Bertz CT molecular complexity index is 2400. The number of hydrogen-bond acceptors (Lipinski definition) is 8. The number of aromatic amines is 1. The molecular weight excluding hydrogens is 857 g/mol. The van der Waals surface area contributed by atoms with Gasteiger partial charge in [0, 0.05) is 48.6 Å². The first-order valence-corrected chi connectivity index (χ1v) is 20.8. The van der Waals surface area contributed by atoms with Crippen LogP contribution in [0.2, 0.25) is 0 Å². The third-order valence-electron chi connectivity index (χ3n) is 12.0. The molecule has 13 nitrogen and oxygen atoms in total. The van der Waals surface area contributed by atoms with Crippen LogP contribution in [-0.2, 0) is 19.1 Å². The molecule has 3 N–H and O–H groups in total. The third-order valence-corrected chi connectivity index (χ3v) is 12.0. The molecule has 0 saturated carbocycles. The molecular formula is C47H60N6O7S3. The Balaban J connectivity index is 0.00000290. The quantitative estimate of drug-likeness (QED) is 0.138. The fourth-order valence-electron chi connectivity index (χ4n) is 8.68. The second-order valence-electron chi connectivity index (χ2n) is 16.6. The Morgan fingerprint density at radius 3 is 1.63 bits per heavy atom. The number of allylic oxidation sites excluding steroid dienone is 1. The summed E-state index contributed by atoms with van der Waals surface area (Å²) >= 11 is 0. The lowest BCUT2D eigenvalue weighted by Crippen LogP contribution is -2.53. The van der Waals surface area contributed by atoms with Gasteiger partial charge < -0.3 is 34.9 Å². The number of carbonyl (C=O) groups excluding carboxylic acids is 4. The van der Waals surface area contributed by atoms with Gasteiger partial charge in [-0.15, -0.1) is 0 Å². The van der Waals surface area contributed by atoms with Crippen LogP contribution in [0.15, 0.2) is 88.8 Å². The number of likely N-dealkylation sites (tertiary alicyclic amines) is 2. The van der Waals surface area contributed by atoms with Crippen molar-refractivity contribution in [1.82, 2.24) is 25.4 Å². The molecule has 0 bridgehead atoms. The Morgan fingerprint density at radius 1 is 0.667 bits per heavy atom. The number of rotatable bonds is 11. The van der Waals surface area contributed by atoms with Gasteiger partial charge in [0.15, 0.2) is 5.43 Å². The van der Waals surface area contributed by atoms with E-state index in [-0.39, 0.29) is 81.6 Å². The van der Waals surface area contributed by atoms with Gasteiger partial charge in [-0.05, 0) is 83.0 Å². The third kappa shape index (κ3) is 11.0. The van der Waals surface area contributed by atoms with Crippen LogP contribution in [0.1, 0.15) is 77.1 Å². The van der Waals surface area contributed by atoms with Crippen LogP contribution in [0.3, 0.4) is 0 Å². The summed E-state index contributed by atoms with van der Waals surface area (Å²) in [5, 5.41) is 5.96. The van der Waals surface area contributed by atoms with Crippen LogP contribution in [0.25, 0.3) is 38.7 Å². The molecule has 4 aromatic rings. The normalized spacial score (nSPS) is 17.8. The smallest absolute Gasteiger partial charge is 0.407 e. The number of amides is 4. The van der Waals surface area contributed by atoms with E-state index in [9.17, 15) is 24.0 Å². The van der Waals surface area contributed by atoms with Crippen molar-refractivity contribution in [2.45, 2.75) is 84.0 Å². The highest BCUT2D eigenvalue weighted by Gasteiger charge is 2.39. The van der Waals surface area contributed by atoms with Gasteiger partial charge in [0.25, 0.3) is 0 Å². The number of aliphatic imine (C=N–C) groups is 1. The average molecular weight is 917 g/mol. The van der Waals surface area contributed by atoms with Crippen LogP contribution >= 0.6 is 40.5 Å². The number of fused-ring (bicyclic) bond motifs is 1. The molecule has 4 atom stereocenters. The zero-order valence-electron chi connectivity index (χ0n) is 36.6. The van der Waals surface area contributed by atoms with Crippen molar-refractivity contribution in [3.63, 3.8) is 0 Å². The average Bonchev–Trinajstić information content (AvgIpc) is 4.06. The molecule has 0 aliphatic carbocycles. The Kier molecular flexibility index (Phi) is 17.6. The van der Waals surface area contributed by atoms with Gasteiger partial charge in [-0.1, -0.05) is 82.3 Å². The van der Waals surface area contributed by atoms with Crippen molar-refractivity contribution in [1.29, 1.82) is 0 Å². The van der Waals surface area contributed by atoms with E-state index in [0.29, 0.717) is 42.5 Å². The van der Waals surface area contributed by atoms with Gasteiger partial charge >= 0.3 is 12.2 Å². The lowest BCUT2D eigenvalue weighted by molar-refractivity contribution is -0.135. The largest absolute Gasteiger partial charge is 0.453 e. The van der Waals surface area contributed by atoms with Gasteiger partial charge in [0.2, 0.25) is 11.8 Å². The van der Waals surface area contributed by atoms with Crippen molar-refractivity contribution in [3.8, 4) is 22.3 Å². The first kappa shape index (κ1) is 50.5. The molecule has 4 amide bonds. The van der Waals surface area contributed by atoms with E-state index in [2.05, 4.69) is 64.1 Å². The van der Waals surface area contributed by atoms with Crippen LogP contribution in [0, 0.1) is 11.8 Å². The number of pyridine rings is 1. The maximum Gasteiger partial charge on any atom is 0.407 e. The predicted molar refractivity (Wildman–Crippen MR) is 263 cm³/mol. The summed E-state index contributed by atoms with van der Waals surface area (Å²) in [5.41, 5.74) is 8.46. The maximum atomic E-state index is 13.7. The van der Waals surface area contributed by atoms with Gasteiger partial charge in [-0.3, -0.25) is 19.4 Å². The summed E-state index contributed by atoms with van der Waals surface area (Å²) in [4.78, 5) is 76.6. The van der Waals surface area contributed by atoms with E-state index in [4.69, 9.17) is 14.5 Å². The summed E-state index contributed by atoms with van der Waals surface area (Å²) in [7, 11) is 2.57. The number of methoxy groups -OCH3 is 2. The van der Waals surface area contributed by atoms with Crippen molar-refractivity contribution < 1.29 is 28.7 Å². The van der Waals surface area contributed by atoms with Crippen LogP contribution < -0.4 is 16.1 Å². The van der Waals surface area contributed by atoms with E-state index in [1.165, 1.54) is 14.2 Å². The maximum absolute atomic E-state index is 13.7. The molecule has 2 saturated heterocycles. The van der Waals surface area contributed by atoms with E-state index >= 15 is 0 Å². The minimum absolute atomic E-state index is 0. The lowest BCUT2D eigenvalue weighted by atomic mass is 9.95. The highest BCUT2D eigenvalue weighted by molar-refractivity contribution is 7.59. The summed E-state index contributed by atoms with van der Waals surface area (Å²) in [5.74, 6) is -0.555. The molecule has 0 radical (unpaired) electrons. The molecule has 3 aliphatic rings. The number of nitrogens with one attached hydrogen (secondary N) is 3. The number of hydrogen-bond donors (Lipinski definition) is 3. The fourth-order valence-corrected chi connectivity index (χ4v) is 8.68.